The Hall–Kier alpha value is -4.12. The summed E-state index contributed by atoms with van der Waals surface area (Å²) in [6.45, 7) is 2.17. The molecule has 0 saturated heterocycles. The van der Waals surface area contributed by atoms with E-state index in [0.29, 0.717) is 24.7 Å². The van der Waals surface area contributed by atoms with Crippen molar-refractivity contribution in [2.24, 2.45) is 5.73 Å². The molecule has 0 unspecified atom stereocenters. The van der Waals surface area contributed by atoms with Gasteiger partial charge in [-0.1, -0.05) is 0 Å². The van der Waals surface area contributed by atoms with Crippen LogP contribution in [0.3, 0.4) is 0 Å². The van der Waals surface area contributed by atoms with Gasteiger partial charge in [-0.15, -0.1) is 0 Å². The number of primary amides is 1. The molecule has 4 N–H and O–H groups in total. The van der Waals surface area contributed by atoms with Crippen molar-refractivity contribution in [3.63, 3.8) is 0 Å². The van der Waals surface area contributed by atoms with Crippen molar-refractivity contribution >= 4 is 33.2 Å². The van der Waals surface area contributed by atoms with Crippen LogP contribution in [0.2, 0.25) is 0 Å². The number of sulfonamides is 1. The molecule has 0 spiro atoms. The van der Waals surface area contributed by atoms with Crippen LogP contribution in [0.25, 0.3) is 0 Å². The van der Waals surface area contributed by atoms with Crippen LogP contribution in [-0.2, 0) is 10.0 Å². The molecule has 1 aliphatic heterocycles. The van der Waals surface area contributed by atoms with Crippen molar-refractivity contribution in [3.8, 4) is 11.5 Å². The minimum Gasteiger partial charge on any atom is -0.486 e. The summed E-state index contributed by atoms with van der Waals surface area (Å²) in [5.74, 6) is -1.28. The van der Waals surface area contributed by atoms with Gasteiger partial charge in [-0.25, -0.2) is 12.8 Å². The molecule has 4 rings (SSSR count). The standard InChI is InChI=1S/C23H20FN3O6S/c1-13-18(24)10-15(22(25)28)11-19(13)26-23(29)14-2-4-16(5-3-14)27-34(30,31)17-6-7-20-21(12-17)33-9-8-32-20/h2-7,10-12,27H,8-9H2,1H3,(H2,25,28)(H,26,29). The molecule has 0 aliphatic carbocycles. The predicted molar refractivity (Wildman–Crippen MR) is 122 cm³/mol. The molecule has 2 amide bonds. The summed E-state index contributed by atoms with van der Waals surface area (Å²) in [5, 5.41) is 2.53. The fraction of sp³-hybridized carbons (Fsp3) is 0.130. The number of fused-ring (bicyclic) bond motifs is 1. The van der Waals surface area contributed by atoms with Crippen LogP contribution in [0, 0.1) is 12.7 Å². The quantitative estimate of drug-likeness (QED) is 0.491. The summed E-state index contributed by atoms with van der Waals surface area (Å²) in [5.41, 5.74) is 5.77. The minimum absolute atomic E-state index is 0.00889. The number of anilines is 2. The van der Waals surface area contributed by atoms with Crippen LogP contribution in [0.1, 0.15) is 26.3 Å². The number of nitrogens with two attached hydrogens (primary N) is 1. The van der Waals surface area contributed by atoms with Crippen molar-refractivity contribution in [1.29, 1.82) is 0 Å². The predicted octanol–water partition coefficient (Wildman–Crippen LogP) is 3.06. The number of nitrogens with one attached hydrogen (secondary N) is 2. The fourth-order valence-electron chi connectivity index (χ4n) is 3.24. The highest BCUT2D eigenvalue weighted by atomic mass is 32.2. The van der Waals surface area contributed by atoms with Gasteiger partial charge >= 0.3 is 0 Å². The van der Waals surface area contributed by atoms with Gasteiger partial charge in [0.05, 0.1) is 4.90 Å². The highest BCUT2D eigenvalue weighted by Gasteiger charge is 2.20. The zero-order chi connectivity index (χ0) is 24.5. The van der Waals surface area contributed by atoms with E-state index in [1.807, 2.05) is 0 Å². The lowest BCUT2D eigenvalue weighted by Crippen LogP contribution is -2.18. The third kappa shape index (κ3) is 4.79. The molecule has 3 aromatic carbocycles. The molecule has 3 aromatic rings. The summed E-state index contributed by atoms with van der Waals surface area (Å²) >= 11 is 0. The van der Waals surface area contributed by atoms with Crippen molar-refractivity contribution < 1.29 is 31.9 Å². The molecule has 0 aromatic heterocycles. The number of halogens is 1. The van der Waals surface area contributed by atoms with Crippen molar-refractivity contribution in [3.05, 3.63) is 77.1 Å². The van der Waals surface area contributed by atoms with Gasteiger partial charge in [0.25, 0.3) is 15.9 Å². The Labute approximate surface area is 194 Å². The van der Waals surface area contributed by atoms with Gasteiger partial charge in [-0.2, -0.15) is 0 Å². The zero-order valence-electron chi connectivity index (χ0n) is 17.9. The summed E-state index contributed by atoms with van der Waals surface area (Å²) in [7, 11) is -3.92. The maximum atomic E-state index is 14.1. The average molecular weight is 485 g/mol. The Kier molecular flexibility index (Phi) is 6.12. The van der Waals surface area contributed by atoms with Crippen molar-refractivity contribution in [2.75, 3.05) is 23.3 Å². The summed E-state index contributed by atoms with van der Waals surface area (Å²) in [4.78, 5) is 24.0. The van der Waals surface area contributed by atoms with E-state index >= 15 is 0 Å². The molecular weight excluding hydrogens is 465 g/mol. The first-order valence-corrected chi connectivity index (χ1v) is 11.6. The lowest BCUT2D eigenvalue weighted by Gasteiger charge is -2.19. The van der Waals surface area contributed by atoms with E-state index in [9.17, 15) is 22.4 Å². The lowest BCUT2D eigenvalue weighted by molar-refractivity contribution is 0.0995. The molecule has 0 fully saturated rings. The van der Waals surface area contributed by atoms with E-state index in [4.69, 9.17) is 15.2 Å². The smallest absolute Gasteiger partial charge is 0.262 e. The maximum absolute atomic E-state index is 14.1. The first-order valence-electron chi connectivity index (χ1n) is 10.1. The molecule has 9 nitrogen and oxygen atoms in total. The second-order valence-electron chi connectivity index (χ2n) is 7.44. The molecule has 34 heavy (non-hydrogen) atoms. The molecule has 176 valence electrons. The van der Waals surface area contributed by atoms with Crippen molar-refractivity contribution in [2.45, 2.75) is 11.8 Å². The SMILES string of the molecule is Cc1c(F)cc(C(N)=O)cc1NC(=O)c1ccc(NS(=O)(=O)c2ccc3c(c2)OCCO3)cc1. The normalized spacial score (nSPS) is 12.6. The topological polar surface area (TPSA) is 137 Å². The molecule has 1 heterocycles. The van der Waals surface area contributed by atoms with E-state index in [2.05, 4.69) is 10.0 Å². The van der Waals surface area contributed by atoms with E-state index in [0.717, 1.165) is 6.07 Å². The molecule has 0 bridgehead atoms. The van der Waals surface area contributed by atoms with E-state index < -0.39 is 27.7 Å². The van der Waals surface area contributed by atoms with Gasteiger partial charge in [0.15, 0.2) is 11.5 Å². The number of amides is 2. The van der Waals surface area contributed by atoms with Crippen molar-refractivity contribution in [1.82, 2.24) is 0 Å². The molecule has 0 saturated carbocycles. The van der Waals surface area contributed by atoms with E-state index in [1.54, 1.807) is 0 Å². The highest BCUT2D eigenvalue weighted by molar-refractivity contribution is 7.92. The van der Waals surface area contributed by atoms with Gasteiger partial charge in [-0.3, -0.25) is 14.3 Å². The third-order valence-corrected chi connectivity index (χ3v) is 6.48. The van der Waals surface area contributed by atoms with Gasteiger partial charge in [-0.05, 0) is 55.5 Å². The average Bonchev–Trinajstić information content (AvgIpc) is 2.81. The highest BCUT2D eigenvalue weighted by Crippen LogP contribution is 2.32. The lowest BCUT2D eigenvalue weighted by atomic mass is 10.1. The van der Waals surface area contributed by atoms with Crippen LogP contribution in [-0.4, -0.2) is 33.4 Å². The number of carbonyl (C=O) groups is 2. The first-order chi connectivity index (χ1) is 16.1. The Balaban J connectivity index is 1.49. The summed E-state index contributed by atoms with van der Waals surface area (Å²) in [6.07, 6.45) is 0. The Morgan fingerprint density at radius 3 is 2.29 bits per heavy atom. The van der Waals surface area contributed by atoms with Gasteiger partial charge < -0.3 is 20.5 Å². The van der Waals surface area contributed by atoms with Crippen LogP contribution >= 0.6 is 0 Å². The van der Waals surface area contributed by atoms with Gasteiger partial charge in [0.1, 0.15) is 19.0 Å². The Morgan fingerprint density at radius 1 is 0.941 bits per heavy atom. The summed E-state index contributed by atoms with van der Waals surface area (Å²) < 4.78 is 52.8. The minimum atomic E-state index is -3.92. The number of benzene rings is 3. The van der Waals surface area contributed by atoms with Gasteiger partial charge in [0.2, 0.25) is 5.91 Å². The molecular formula is C23H20FN3O6S. The Bertz CT molecular complexity index is 1390. The monoisotopic (exact) mass is 485 g/mol. The van der Waals surface area contributed by atoms with Crippen LogP contribution in [0.5, 0.6) is 11.5 Å². The molecule has 0 atom stereocenters. The second-order valence-corrected chi connectivity index (χ2v) is 9.12. The zero-order valence-corrected chi connectivity index (χ0v) is 18.7. The number of hydrogen-bond acceptors (Lipinski definition) is 6. The molecule has 0 radical (unpaired) electrons. The largest absolute Gasteiger partial charge is 0.486 e. The van der Waals surface area contributed by atoms with Crippen LogP contribution < -0.4 is 25.2 Å². The van der Waals surface area contributed by atoms with Crippen LogP contribution in [0.4, 0.5) is 15.8 Å². The summed E-state index contributed by atoms with van der Waals surface area (Å²) in [6, 6.07) is 12.2. The third-order valence-electron chi connectivity index (χ3n) is 5.10. The number of rotatable bonds is 6. The first kappa shape index (κ1) is 23.1. The van der Waals surface area contributed by atoms with Crippen LogP contribution in [0.15, 0.2) is 59.5 Å². The maximum Gasteiger partial charge on any atom is 0.262 e. The number of carbonyl (C=O) groups excluding carboxylic acids is 2. The fourth-order valence-corrected chi connectivity index (χ4v) is 4.31. The molecule has 1 aliphatic rings. The number of ether oxygens (including phenoxy) is 2. The molecule has 11 heteroatoms. The second kappa shape index (κ2) is 9.02. The number of hydrogen-bond donors (Lipinski definition) is 3. The van der Waals surface area contributed by atoms with E-state index in [-0.39, 0.29) is 33.0 Å². The van der Waals surface area contributed by atoms with Gasteiger partial charge in [0, 0.05) is 34.1 Å². The Morgan fingerprint density at radius 2 is 1.62 bits per heavy atom. The van der Waals surface area contributed by atoms with E-state index in [1.165, 1.54) is 55.5 Å².